The number of sulfonamides is 1. The first-order valence-electron chi connectivity index (χ1n) is 8.08. The van der Waals surface area contributed by atoms with Crippen molar-refractivity contribution in [1.82, 2.24) is 9.29 Å². The van der Waals surface area contributed by atoms with Crippen LogP contribution in [-0.2, 0) is 21.4 Å². The quantitative estimate of drug-likeness (QED) is 0.781. The van der Waals surface area contributed by atoms with Crippen molar-refractivity contribution >= 4 is 33.2 Å². The molecule has 1 N–H and O–H groups in total. The molecule has 2 rings (SSSR count). The lowest BCUT2D eigenvalue weighted by molar-refractivity contribution is -0.116. The average molecular weight is 396 g/mol. The molecule has 0 radical (unpaired) electrons. The molecule has 0 aliphatic rings. The van der Waals surface area contributed by atoms with E-state index in [0.717, 1.165) is 17.4 Å². The van der Waals surface area contributed by atoms with Crippen molar-refractivity contribution in [1.29, 1.82) is 0 Å². The summed E-state index contributed by atoms with van der Waals surface area (Å²) >= 11 is 6.19. The largest absolute Gasteiger partial charge is 0.325 e. The van der Waals surface area contributed by atoms with Gasteiger partial charge in [-0.3, -0.25) is 9.78 Å². The summed E-state index contributed by atoms with van der Waals surface area (Å²) in [7, 11) is -3.47. The fraction of sp³-hybridized carbons (Fsp3) is 0.333. The molecule has 0 fully saturated rings. The second-order valence-corrected chi connectivity index (χ2v) is 8.54. The summed E-state index contributed by atoms with van der Waals surface area (Å²) in [6.07, 6.45) is 2.74. The summed E-state index contributed by atoms with van der Waals surface area (Å²) in [6, 6.07) is 8.99. The standard InChI is InChI=1S/C18H22ClN3O3S/c1-13-10-14(2)18(16(19)11-13)21-17(23)7-9-22(26(3,24)25)12-15-6-4-5-8-20-15/h4-6,8,10-11H,7,9,12H2,1-3H3,(H,21,23). The van der Waals surface area contributed by atoms with E-state index in [4.69, 9.17) is 11.6 Å². The monoisotopic (exact) mass is 395 g/mol. The number of nitrogens with zero attached hydrogens (tertiary/aromatic N) is 2. The van der Waals surface area contributed by atoms with Gasteiger partial charge in [-0.25, -0.2) is 8.42 Å². The number of carbonyl (C=O) groups is 1. The number of rotatable bonds is 7. The molecule has 0 spiro atoms. The summed E-state index contributed by atoms with van der Waals surface area (Å²) in [4.78, 5) is 16.4. The zero-order valence-corrected chi connectivity index (χ0v) is 16.6. The first kappa shape index (κ1) is 20.4. The maximum absolute atomic E-state index is 12.3. The predicted octanol–water partition coefficient (Wildman–Crippen LogP) is 3.14. The SMILES string of the molecule is Cc1cc(C)c(NC(=O)CCN(Cc2ccccn2)S(C)(=O)=O)c(Cl)c1. The van der Waals surface area contributed by atoms with Gasteiger partial charge in [-0.15, -0.1) is 0 Å². The molecule has 6 nitrogen and oxygen atoms in total. The minimum absolute atomic E-state index is 0.0174. The van der Waals surface area contributed by atoms with Crippen molar-refractivity contribution in [2.45, 2.75) is 26.8 Å². The topological polar surface area (TPSA) is 79.4 Å². The lowest BCUT2D eigenvalue weighted by Gasteiger charge is -2.19. The van der Waals surface area contributed by atoms with Gasteiger partial charge >= 0.3 is 0 Å². The average Bonchev–Trinajstić information content (AvgIpc) is 2.54. The summed E-state index contributed by atoms with van der Waals surface area (Å²) < 4.78 is 25.2. The number of aromatic nitrogens is 1. The third kappa shape index (κ3) is 5.79. The van der Waals surface area contributed by atoms with E-state index in [1.807, 2.05) is 19.9 Å². The van der Waals surface area contributed by atoms with Crippen LogP contribution in [0.3, 0.4) is 0 Å². The van der Waals surface area contributed by atoms with E-state index in [1.165, 1.54) is 4.31 Å². The van der Waals surface area contributed by atoms with Gasteiger partial charge < -0.3 is 5.32 Å². The Hall–Kier alpha value is -1.96. The van der Waals surface area contributed by atoms with Crippen LogP contribution in [0.15, 0.2) is 36.5 Å². The van der Waals surface area contributed by atoms with Crippen molar-refractivity contribution in [3.63, 3.8) is 0 Å². The Morgan fingerprint density at radius 2 is 2.00 bits per heavy atom. The minimum Gasteiger partial charge on any atom is -0.325 e. The Labute approximate surface area is 159 Å². The third-order valence-corrected chi connectivity index (χ3v) is 5.37. The number of amides is 1. The molecule has 0 saturated carbocycles. The minimum atomic E-state index is -3.47. The first-order chi connectivity index (χ1) is 12.2. The molecule has 0 bridgehead atoms. The van der Waals surface area contributed by atoms with Gasteiger partial charge in [-0.05, 0) is 43.2 Å². The summed E-state index contributed by atoms with van der Waals surface area (Å²) in [5.41, 5.74) is 3.04. The highest BCUT2D eigenvalue weighted by molar-refractivity contribution is 7.88. The first-order valence-corrected chi connectivity index (χ1v) is 10.3. The van der Waals surface area contributed by atoms with Gasteiger partial charge in [-0.1, -0.05) is 23.7 Å². The number of anilines is 1. The second-order valence-electron chi connectivity index (χ2n) is 6.15. The highest BCUT2D eigenvalue weighted by Gasteiger charge is 2.19. The van der Waals surface area contributed by atoms with E-state index >= 15 is 0 Å². The molecular formula is C18H22ClN3O3S. The van der Waals surface area contributed by atoms with Crippen molar-refractivity contribution in [3.05, 3.63) is 58.4 Å². The summed E-state index contributed by atoms with van der Waals surface area (Å²) in [5, 5.41) is 3.23. The number of pyridine rings is 1. The molecule has 0 unspecified atom stereocenters. The van der Waals surface area contributed by atoms with Gasteiger partial charge in [0.05, 0.1) is 29.2 Å². The summed E-state index contributed by atoms with van der Waals surface area (Å²) in [5.74, 6) is -0.298. The maximum Gasteiger partial charge on any atom is 0.225 e. The Morgan fingerprint density at radius 1 is 1.27 bits per heavy atom. The van der Waals surface area contributed by atoms with Gasteiger partial charge in [0, 0.05) is 19.2 Å². The van der Waals surface area contributed by atoms with Crippen molar-refractivity contribution in [2.24, 2.45) is 0 Å². The Morgan fingerprint density at radius 3 is 2.58 bits per heavy atom. The van der Waals surface area contributed by atoms with Crippen LogP contribution in [0.5, 0.6) is 0 Å². The van der Waals surface area contributed by atoms with Crippen LogP contribution in [0.2, 0.25) is 5.02 Å². The van der Waals surface area contributed by atoms with Crippen LogP contribution >= 0.6 is 11.6 Å². The normalized spacial score (nSPS) is 11.6. The highest BCUT2D eigenvalue weighted by atomic mass is 35.5. The van der Waals surface area contributed by atoms with Gasteiger partial charge in [0.25, 0.3) is 0 Å². The number of benzene rings is 1. The molecule has 140 valence electrons. The Kier molecular flexibility index (Phi) is 6.75. The molecule has 8 heteroatoms. The zero-order chi connectivity index (χ0) is 19.3. The number of nitrogens with one attached hydrogen (secondary N) is 1. The van der Waals surface area contributed by atoms with Gasteiger partial charge in [0.1, 0.15) is 0 Å². The van der Waals surface area contributed by atoms with Crippen molar-refractivity contribution < 1.29 is 13.2 Å². The number of hydrogen-bond donors (Lipinski definition) is 1. The van der Waals surface area contributed by atoms with Crippen LogP contribution in [0, 0.1) is 13.8 Å². The number of hydrogen-bond acceptors (Lipinski definition) is 4. The lowest BCUT2D eigenvalue weighted by atomic mass is 10.1. The van der Waals surface area contributed by atoms with Crippen LogP contribution in [0.1, 0.15) is 23.2 Å². The van der Waals surface area contributed by atoms with Gasteiger partial charge in [0.2, 0.25) is 15.9 Å². The van der Waals surface area contributed by atoms with Gasteiger partial charge in [-0.2, -0.15) is 4.31 Å². The highest BCUT2D eigenvalue weighted by Crippen LogP contribution is 2.27. The smallest absolute Gasteiger partial charge is 0.225 e. The van der Waals surface area contributed by atoms with Crippen LogP contribution < -0.4 is 5.32 Å². The molecular weight excluding hydrogens is 374 g/mol. The van der Waals surface area contributed by atoms with Crippen LogP contribution in [0.25, 0.3) is 0 Å². The molecule has 0 aliphatic carbocycles. The molecule has 2 aromatic rings. The molecule has 0 atom stereocenters. The molecule has 0 saturated heterocycles. The number of aryl methyl sites for hydroxylation is 2. The molecule has 1 aromatic carbocycles. The predicted molar refractivity (Wildman–Crippen MR) is 104 cm³/mol. The fourth-order valence-electron chi connectivity index (χ4n) is 2.54. The maximum atomic E-state index is 12.3. The van der Waals surface area contributed by atoms with E-state index in [9.17, 15) is 13.2 Å². The van der Waals surface area contributed by atoms with Crippen molar-refractivity contribution in [3.8, 4) is 0 Å². The van der Waals surface area contributed by atoms with E-state index in [1.54, 1.807) is 30.5 Å². The number of carbonyl (C=O) groups excluding carboxylic acids is 1. The van der Waals surface area contributed by atoms with E-state index in [0.29, 0.717) is 16.4 Å². The zero-order valence-electron chi connectivity index (χ0n) is 15.0. The Balaban J connectivity index is 2.03. The second kappa shape index (κ2) is 8.62. The third-order valence-electron chi connectivity index (χ3n) is 3.82. The van der Waals surface area contributed by atoms with E-state index in [-0.39, 0.29) is 25.4 Å². The molecule has 1 aromatic heterocycles. The van der Waals surface area contributed by atoms with Gasteiger partial charge in [0.15, 0.2) is 0 Å². The van der Waals surface area contributed by atoms with E-state index in [2.05, 4.69) is 10.3 Å². The molecule has 1 amide bonds. The van der Waals surface area contributed by atoms with Crippen LogP contribution in [-0.4, -0.2) is 36.4 Å². The van der Waals surface area contributed by atoms with Crippen molar-refractivity contribution in [2.75, 3.05) is 18.1 Å². The lowest BCUT2D eigenvalue weighted by Crippen LogP contribution is -2.33. The summed E-state index contributed by atoms with van der Waals surface area (Å²) in [6.45, 7) is 3.96. The fourth-order valence-corrected chi connectivity index (χ4v) is 3.69. The van der Waals surface area contributed by atoms with Crippen LogP contribution in [0.4, 0.5) is 5.69 Å². The number of halogens is 1. The van der Waals surface area contributed by atoms with E-state index < -0.39 is 10.0 Å². The molecule has 0 aliphatic heterocycles. The Bertz CT molecular complexity index is 863. The molecule has 26 heavy (non-hydrogen) atoms. The molecule has 1 heterocycles.